The molecule has 0 saturated carbocycles. The third-order valence-electron chi connectivity index (χ3n) is 4.70. The molecule has 1 fully saturated rings. The molecule has 0 N–H and O–H groups in total. The molecule has 1 atom stereocenters. The van der Waals surface area contributed by atoms with Crippen LogP contribution in [0.3, 0.4) is 0 Å². The molecule has 0 radical (unpaired) electrons. The van der Waals surface area contributed by atoms with Gasteiger partial charge < -0.3 is 9.42 Å². The minimum atomic E-state index is -0.151. The van der Waals surface area contributed by atoms with Gasteiger partial charge in [-0.3, -0.25) is 4.79 Å². The summed E-state index contributed by atoms with van der Waals surface area (Å²) < 4.78 is 5.42. The summed E-state index contributed by atoms with van der Waals surface area (Å²) in [6.45, 7) is 11.8. The zero-order chi connectivity index (χ0) is 18.2. The maximum atomic E-state index is 12.4. The number of amides is 1. The van der Waals surface area contributed by atoms with Crippen LogP contribution in [-0.2, 0) is 16.8 Å². The number of carbonyl (C=O) groups excluding carboxylic acids is 1. The van der Waals surface area contributed by atoms with E-state index in [9.17, 15) is 4.79 Å². The molecule has 2 aromatic rings. The molecule has 0 aliphatic carbocycles. The second-order valence-electron chi connectivity index (χ2n) is 8.28. The van der Waals surface area contributed by atoms with Crippen LogP contribution < -0.4 is 0 Å². The molecule has 0 bridgehead atoms. The first kappa shape index (κ1) is 17.6. The largest absolute Gasteiger partial charge is 0.339 e. The van der Waals surface area contributed by atoms with Gasteiger partial charge in [-0.1, -0.05) is 64.0 Å². The Hall–Kier alpha value is -2.17. The maximum absolute atomic E-state index is 12.4. The zero-order valence-electron chi connectivity index (χ0n) is 15.7. The summed E-state index contributed by atoms with van der Waals surface area (Å²) in [5.74, 6) is 1.93. The molecule has 3 rings (SSSR count). The smallest absolute Gasteiger partial charge is 0.232 e. The van der Waals surface area contributed by atoms with Crippen molar-refractivity contribution < 1.29 is 9.32 Å². The molecule has 25 heavy (non-hydrogen) atoms. The molecule has 5 nitrogen and oxygen atoms in total. The van der Waals surface area contributed by atoms with Crippen LogP contribution in [-0.4, -0.2) is 27.5 Å². The van der Waals surface area contributed by atoms with Crippen molar-refractivity contribution in [3.63, 3.8) is 0 Å². The topological polar surface area (TPSA) is 59.2 Å². The Morgan fingerprint density at radius 2 is 1.92 bits per heavy atom. The van der Waals surface area contributed by atoms with Gasteiger partial charge >= 0.3 is 0 Å². The van der Waals surface area contributed by atoms with Gasteiger partial charge in [0.2, 0.25) is 11.8 Å². The fraction of sp³-hybridized carbons (Fsp3) is 0.550. The molecular weight excluding hydrogens is 314 g/mol. The summed E-state index contributed by atoms with van der Waals surface area (Å²) in [5.41, 5.74) is 2.32. The van der Waals surface area contributed by atoms with Gasteiger partial charge in [-0.25, -0.2) is 0 Å². The normalized spacial score (nSPS) is 18.4. The van der Waals surface area contributed by atoms with Crippen LogP contribution in [0.2, 0.25) is 0 Å². The van der Waals surface area contributed by atoms with Gasteiger partial charge in [0.25, 0.3) is 0 Å². The third kappa shape index (κ3) is 3.91. The van der Waals surface area contributed by atoms with Gasteiger partial charge in [0, 0.05) is 24.9 Å². The van der Waals surface area contributed by atoms with Gasteiger partial charge in [0.1, 0.15) is 0 Å². The van der Waals surface area contributed by atoms with Crippen LogP contribution in [0.25, 0.3) is 0 Å². The van der Waals surface area contributed by atoms with Crippen molar-refractivity contribution in [3.8, 4) is 0 Å². The molecule has 5 heteroatoms. The number of likely N-dealkylation sites (tertiary alicyclic amines) is 1. The van der Waals surface area contributed by atoms with Crippen LogP contribution in [0.5, 0.6) is 0 Å². The van der Waals surface area contributed by atoms with Gasteiger partial charge in [0.05, 0.1) is 5.92 Å². The molecule has 1 unspecified atom stereocenters. The van der Waals surface area contributed by atoms with Crippen molar-refractivity contribution in [1.82, 2.24) is 15.0 Å². The molecule has 1 saturated heterocycles. The van der Waals surface area contributed by atoms with E-state index in [1.807, 2.05) is 4.90 Å². The quantitative estimate of drug-likeness (QED) is 0.843. The van der Waals surface area contributed by atoms with Gasteiger partial charge in [-0.2, -0.15) is 4.98 Å². The Labute approximate surface area is 149 Å². The van der Waals surface area contributed by atoms with Gasteiger partial charge in [-0.05, 0) is 17.0 Å². The van der Waals surface area contributed by atoms with E-state index in [0.29, 0.717) is 37.1 Å². The Bertz CT molecular complexity index is 741. The van der Waals surface area contributed by atoms with Crippen molar-refractivity contribution in [1.29, 1.82) is 0 Å². The summed E-state index contributed by atoms with van der Waals surface area (Å²) in [7, 11) is 0. The summed E-state index contributed by atoms with van der Waals surface area (Å²) in [6.07, 6.45) is 0.440. The SMILES string of the molecule is CC(C)c1ccc(CN2CC(c3nc(C(C)(C)C)no3)CC2=O)cc1. The van der Waals surface area contributed by atoms with E-state index >= 15 is 0 Å². The number of rotatable bonds is 4. The van der Waals surface area contributed by atoms with Gasteiger partial charge in [0.15, 0.2) is 5.82 Å². The van der Waals surface area contributed by atoms with Crippen molar-refractivity contribution in [3.05, 3.63) is 47.1 Å². The Morgan fingerprint density at radius 3 is 2.48 bits per heavy atom. The second-order valence-corrected chi connectivity index (χ2v) is 8.28. The minimum Gasteiger partial charge on any atom is -0.339 e. The number of benzene rings is 1. The molecule has 1 aliphatic heterocycles. The first-order valence-electron chi connectivity index (χ1n) is 8.94. The molecule has 0 spiro atoms. The first-order valence-corrected chi connectivity index (χ1v) is 8.94. The average molecular weight is 341 g/mol. The third-order valence-corrected chi connectivity index (χ3v) is 4.70. The molecule has 2 heterocycles. The summed E-state index contributed by atoms with van der Waals surface area (Å²) in [5, 5.41) is 4.08. The summed E-state index contributed by atoms with van der Waals surface area (Å²) in [6, 6.07) is 8.51. The molecule has 1 aromatic carbocycles. The number of carbonyl (C=O) groups is 1. The monoisotopic (exact) mass is 341 g/mol. The van der Waals surface area contributed by atoms with E-state index in [-0.39, 0.29) is 17.2 Å². The van der Waals surface area contributed by atoms with Crippen molar-refractivity contribution in [2.45, 2.75) is 64.8 Å². The summed E-state index contributed by atoms with van der Waals surface area (Å²) >= 11 is 0. The zero-order valence-corrected chi connectivity index (χ0v) is 15.7. The average Bonchev–Trinajstić information content (AvgIpc) is 3.15. The Morgan fingerprint density at radius 1 is 1.24 bits per heavy atom. The fourth-order valence-corrected chi connectivity index (χ4v) is 3.02. The highest BCUT2D eigenvalue weighted by molar-refractivity contribution is 5.79. The maximum Gasteiger partial charge on any atom is 0.232 e. The highest BCUT2D eigenvalue weighted by Gasteiger charge is 2.35. The number of nitrogens with zero attached hydrogens (tertiary/aromatic N) is 3. The summed E-state index contributed by atoms with van der Waals surface area (Å²) in [4.78, 5) is 18.8. The van der Waals surface area contributed by atoms with Crippen molar-refractivity contribution in [2.24, 2.45) is 0 Å². The Balaban J connectivity index is 1.67. The van der Waals surface area contributed by atoms with Crippen molar-refractivity contribution in [2.75, 3.05) is 6.54 Å². The lowest BCUT2D eigenvalue weighted by Crippen LogP contribution is -2.24. The first-order chi connectivity index (χ1) is 11.7. The molecule has 1 aliphatic rings. The highest BCUT2D eigenvalue weighted by atomic mass is 16.5. The number of aromatic nitrogens is 2. The van der Waals surface area contributed by atoms with E-state index in [2.05, 4.69) is 69.0 Å². The lowest BCUT2D eigenvalue weighted by Gasteiger charge is -2.16. The van der Waals surface area contributed by atoms with E-state index in [1.54, 1.807) is 0 Å². The van der Waals surface area contributed by atoms with Crippen LogP contribution in [0.4, 0.5) is 0 Å². The fourth-order valence-electron chi connectivity index (χ4n) is 3.02. The van der Waals surface area contributed by atoms with Crippen LogP contribution in [0.1, 0.15) is 75.7 Å². The molecular formula is C20H27N3O2. The Kier molecular flexibility index (Phi) is 4.67. The lowest BCUT2D eigenvalue weighted by atomic mass is 9.96. The predicted octanol–water partition coefficient (Wildman–Crippen LogP) is 4.01. The van der Waals surface area contributed by atoms with E-state index < -0.39 is 0 Å². The van der Waals surface area contributed by atoms with Crippen LogP contribution in [0.15, 0.2) is 28.8 Å². The van der Waals surface area contributed by atoms with E-state index in [4.69, 9.17) is 4.52 Å². The predicted molar refractivity (Wildman–Crippen MR) is 96.3 cm³/mol. The van der Waals surface area contributed by atoms with Crippen LogP contribution in [0, 0.1) is 0 Å². The standard InChI is InChI=1S/C20H27N3O2/c1-13(2)15-8-6-14(7-9-15)11-23-12-16(10-17(23)24)18-21-19(22-25-18)20(3,4)5/h6-9,13,16H,10-12H2,1-5H3. The minimum absolute atomic E-state index is 0.00830. The molecule has 1 amide bonds. The molecule has 134 valence electrons. The number of hydrogen-bond acceptors (Lipinski definition) is 4. The van der Waals surface area contributed by atoms with Crippen molar-refractivity contribution >= 4 is 5.91 Å². The number of hydrogen-bond donors (Lipinski definition) is 0. The second kappa shape index (κ2) is 6.62. The highest BCUT2D eigenvalue weighted by Crippen LogP contribution is 2.30. The van der Waals surface area contributed by atoms with E-state index in [1.165, 1.54) is 5.56 Å². The van der Waals surface area contributed by atoms with Gasteiger partial charge in [-0.15, -0.1) is 0 Å². The van der Waals surface area contributed by atoms with Crippen LogP contribution >= 0.6 is 0 Å². The lowest BCUT2D eigenvalue weighted by molar-refractivity contribution is -0.128. The molecule has 1 aromatic heterocycles. The van der Waals surface area contributed by atoms with E-state index in [0.717, 1.165) is 5.56 Å².